The first-order valence-corrected chi connectivity index (χ1v) is 15.3. The molecule has 1 unspecified atom stereocenters. The second kappa shape index (κ2) is 14.4. The summed E-state index contributed by atoms with van der Waals surface area (Å²) in [4.78, 5) is 24.3. The van der Waals surface area contributed by atoms with Gasteiger partial charge >= 0.3 is 12.2 Å². The van der Waals surface area contributed by atoms with Crippen LogP contribution < -0.4 is 15.4 Å². The number of piperidine rings is 1. The molecule has 4 atom stereocenters. The number of carbonyl (C=O) groups excluding carboxylic acids is 1. The van der Waals surface area contributed by atoms with Gasteiger partial charge < -0.3 is 34.5 Å². The third kappa shape index (κ3) is 7.79. The highest BCUT2D eigenvalue weighted by Crippen LogP contribution is 2.34. The van der Waals surface area contributed by atoms with Gasteiger partial charge in [-0.2, -0.15) is 23.1 Å². The maximum Gasteiger partial charge on any atom is 0.416 e. The lowest BCUT2D eigenvalue weighted by Crippen LogP contribution is -2.54. The normalized spacial score (nSPS) is 25.1. The van der Waals surface area contributed by atoms with Gasteiger partial charge in [0.15, 0.2) is 0 Å². The lowest BCUT2D eigenvalue weighted by Gasteiger charge is -2.38. The Hall–Kier alpha value is -3.00. The first kappa shape index (κ1) is 32.4. The van der Waals surface area contributed by atoms with Crippen LogP contribution in [0.5, 0.6) is 6.01 Å². The van der Waals surface area contributed by atoms with Crippen molar-refractivity contribution in [1.82, 2.24) is 20.2 Å². The van der Waals surface area contributed by atoms with Gasteiger partial charge in [-0.15, -0.1) is 0 Å². The molecule has 5 rings (SSSR count). The van der Waals surface area contributed by atoms with E-state index >= 15 is 0 Å². The predicted molar refractivity (Wildman–Crippen MR) is 157 cm³/mol. The summed E-state index contributed by atoms with van der Waals surface area (Å²) in [5, 5.41) is 7.02. The minimum absolute atomic E-state index is 0.0279. The Labute approximate surface area is 256 Å². The fraction of sp³-hybridized carbons (Fsp3) is 0.645. The van der Waals surface area contributed by atoms with Crippen LogP contribution in [0.25, 0.3) is 0 Å². The molecule has 0 spiro atoms. The third-order valence-corrected chi connectivity index (χ3v) is 8.81. The van der Waals surface area contributed by atoms with Gasteiger partial charge in [0.2, 0.25) is 0 Å². The van der Waals surface area contributed by atoms with Crippen LogP contribution in [-0.2, 0) is 20.4 Å². The van der Waals surface area contributed by atoms with E-state index in [2.05, 4.69) is 20.6 Å². The number of anilines is 1. The maximum absolute atomic E-state index is 13.6. The van der Waals surface area contributed by atoms with E-state index in [1.54, 1.807) is 7.11 Å². The van der Waals surface area contributed by atoms with Gasteiger partial charge in [0, 0.05) is 51.0 Å². The quantitative estimate of drug-likeness (QED) is 0.418. The number of amides is 1. The molecule has 242 valence electrons. The third-order valence-electron chi connectivity index (χ3n) is 8.81. The summed E-state index contributed by atoms with van der Waals surface area (Å²) < 4.78 is 61.6. The lowest BCUT2D eigenvalue weighted by atomic mass is 9.97. The summed E-state index contributed by atoms with van der Waals surface area (Å²) in [7, 11) is 3.17. The zero-order valence-corrected chi connectivity index (χ0v) is 25.5. The Bertz CT molecular complexity index is 1260. The molecule has 44 heavy (non-hydrogen) atoms. The highest BCUT2D eigenvalue weighted by molar-refractivity contribution is 5.95. The molecule has 3 fully saturated rings. The van der Waals surface area contributed by atoms with Crippen molar-refractivity contribution in [2.45, 2.75) is 82.0 Å². The van der Waals surface area contributed by atoms with Crippen molar-refractivity contribution < 1.29 is 36.9 Å². The highest BCUT2D eigenvalue weighted by atomic mass is 19.4. The SMILES string of the molecule is COc1nc(NCC2CCC[C@@H](c3ccc(C(F)(F)F)cc3)O2)c(C)c(C(=O)N2CCC(N[C@H]3CCOC[C@H]3OC)CC2)n1. The molecule has 4 heterocycles. The van der Waals surface area contributed by atoms with Crippen LogP contribution in [0.4, 0.5) is 19.0 Å². The van der Waals surface area contributed by atoms with Gasteiger partial charge in [-0.05, 0) is 63.1 Å². The van der Waals surface area contributed by atoms with Crippen LogP contribution in [0, 0.1) is 6.92 Å². The van der Waals surface area contributed by atoms with Crippen molar-refractivity contribution in [2.24, 2.45) is 0 Å². The van der Waals surface area contributed by atoms with E-state index in [0.717, 1.165) is 56.2 Å². The Kier molecular flexibility index (Phi) is 10.6. The topological polar surface area (TPSA) is 107 Å². The van der Waals surface area contributed by atoms with Crippen molar-refractivity contribution in [2.75, 3.05) is 52.4 Å². The second-order valence-electron chi connectivity index (χ2n) is 11.7. The van der Waals surface area contributed by atoms with Crippen LogP contribution >= 0.6 is 0 Å². The number of ether oxygens (including phenoxy) is 4. The molecule has 3 aliphatic rings. The van der Waals surface area contributed by atoms with Gasteiger partial charge in [-0.1, -0.05) is 12.1 Å². The van der Waals surface area contributed by atoms with E-state index < -0.39 is 11.7 Å². The summed E-state index contributed by atoms with van der Waals surface area (Å²) in [6.07, 6.45) is 0.122. The molecule has 0 bridgehead atoms. The number of halogens is 3. The molecule has 3 saturated heterocycles. The lowest BCUT2D eigenvalue weighted by molar-refractivity contribution is -0.137. The summed E-state index contributed by atoms with van der Waals surface area (Å²) in [6.45, 7) is 4.74. The number of alkyl halides is 3. The Balaban J connectivity index is 1.18. The monoisotopic (exact) mass is 621 g/mol. The molecule has 0 saturated carbocycles. The second-order valence-corrected chi connectivity index (χ2v) is 11.7. The number of hydrogen-bond donors (Lipinski definition) is 2. The van der Waals surface area contributed by atoms with Crippen molar-refractivity contribution >= 4 is 11.7 Å². The molecule has 2 aromatic rings. The number of rotatable bonds is 9. The number of benzene rings is 1. The molecule has 2 N–H and O–H groups in total. The van der Waals surface area contributed by atoms with E-state index in [1.807, 2.05) is 11.8 Å². The molecule has 10 nitrogen and oxygen atoms in total. The van der Waals surface area contributed by atoms with E-state index in [-0.39, 0.29) is 36.3 Å². The first-order chi connectivity index (χ1) is 21.2. The smallest absolute Gasteiger partial charge is 0.416 e. The van der Waals surface area contributed by atoms with Crippen molar-refractivity contribution in [1.29, 1.82) is 0 Å². The fourth-order valence-corrected chi connectivity index (χ4v) is 6.20. The van der Waals surface area contributed by atoms with Crippen LogP contribution in [0.1, 0.15) is 71.8 Å². The van der Waals surface area contributed by atoms with Crippen molar-refractivity contribution in [3.05, 3.63) is 46.6 Å². The Morgan fingerprint density at radius 2 is 1.82 bits per heavy atom. The van der Waals surface area contributed by atoms with Gasteiger partial charge in [0.25, 0.3) is 5.91 Å². The van der Waals surface area contributed by atoms with Crippen LogP contribution in [0.15, 0.2) is 24.3 Å². The molecule has 1 aromatic heterocycles. The zero-order valence-electron chi connectivity index (χ0n) is 25.5. The number of hydrogen-bond acceptors (Lipinski definition) is 9. The Morgan fingerprint density at radius 3 is 2.50 bits per heavy atom. The van der Waals surface area contributed by atoms with E-state index in [9.17, 15) is 18.0 Å². The molecule has 3 aliphatic heterocycles. The van der Waals surface area contributed by atoms with Gasteiger partial charge in [-0.25, -0.2) is 0 Å². The number of likely N-dealkylation sites (tertiary alicyclic amines) is 1. The van der Waals surface area contributed by atoms with Crippen LogP contribution in [0.3, 0.4) is 0 Å². The van der Waals surface area contributed by atoms with E-state index in [0.29, 0.717) is 56.0 Å². The van der Waals surface area contributed by atoms with Gasteiger partial charge in [0.1, 0.15) is 11.5 Å². The predicted octanol–water partition coefficient (Wildman–Crippen LogP) is 4.53. The number of carbonyl (C=O) groups is 1. The van der Waals surface area contributed by atoms with Crippen LogP contribution in [-0.4, -0.2) is 92.1 Å². The summed E-state index contributed by atoms with van der Waals surface area (Å²) in [6, 6.07) is 5.79. The van der Waals surface area contributed by atoms with E-state index in [1.165, 1.54) is 19.2 Å². The number of aromatic nitrogens is 2. The Morgan fingerprint density at radius 1 is 1.07 bits per heavy atom. The summed E-state index contributed by atoms with van der Waals surface area (Å²) in [5.74, 6) is 0.323. The van der Waals surface area contributed by atoms with Gasteiger partial charge in [-0.3, -0.25) is 4.79 Å². The zero-order chi connectivity index (χ0) is 31.3. The standard InChI is InChI=1S/C31H42F3N5O5/c1-19-27(29(40)39-14-11-22(12-15-39)36-24-13-16-43-18-26(24)41-2)37-30(42-3)38-28(19)35-17-23-5-4-6-25(44-23)20-7-9-21(10-8-20)31(32,33)34/h7-10,22-26,36H,4-6,11-18H2,1-3H3,(H,35,37,38)/t23?,24-,25-,26+/m0/s1. The number of nitrogens with zero attached hydrogens (tertiary/aromatic N) is 3. The number of methoxy groups -OCH3 is 2. The van der Waals surface area contributed by atoms with Crippen molar-refractivity contribution in [3.8, 4) is 6.01 Å². The minimum Gasteiger partial charge on any atom is -0.467 e. The average molecular weight is 622 g/mol. The minimum atomic E-state index is -4.37. The molecule has 13 heteroatoms. The molecule has 0 aliphatic carbocycles. The first-order valence-electron chi connectivity index (χ1n) is 15.3. The molecule has 1 amide bonds. The summed E-state index contributed by atoms with van der Waals surface area (Å²) in [5.41, 5.74) is 0.962. The van der Waals surface area contributed by atoms with Crippen LogP contribution in [0.2, 0.25) is 0 Å². The van der Waals surface area contributed by atoms with E-state index in [4.69, 9.17) is 18.9 Å². The van der Waals surface area contributed by atoms with Gasteiger partial charge in [0.05, 0.1) is 37.6 Å². The number of nitrogens with one attached hydrogen (secondary N) is 2. The highest BCUT2D eigenvalue weighted by Gasteiger charge is 2.33. The molecular formula is C31H42F3N5O5. The molecule has 0 radical (unpaired) electrons. The maximum atomic E-state index is 13.6. The average Bonchev–Trinajstić information content (AvgIpc) is 3.04. The largest absolute Gasteiger partial charge is 0.467 e. The van der Waals surface area contributed by atoms with Crippen molar-refractivity contribution in [3.63, 3.8) is 0 Å². The molecular weight excluding hydrogens is 579 g/mol. The molecule has 1 aromatic carbocycles. The summed E-state index contributed by atoms with van der Waals surface area (Å²) >= 11 is 0. The fourth-order valence-electron chi connectivity index (χ4n) is 6.20.